The second-order valence-electron chi connectivity index (χ2n) is 10.9. The zero-order valence-electron chi connectivity index (χ0n) is 20.4. The lowest BCUT2D eigenvalue weighted by atomic mass is 9.94. The van der Waals surface area contributed by atoms with Gasteiger partial charge in [-0.1, -0.05) is 45.1 Å². The van der Waals surface area contributed by atoms with Crippen LogP contribution in [0.1, 0.15) is 62.0 Å². The number of hydrogen-bond donors (Lipinski definition) is 2. The number of rotatable bonds is 2. The molecule has 1 saturated carbocycles. The molecule has 2 N–H and O–H groups in total. The van der Waals surface area contributed by atoms with Gasteiger partial charge in [-0.05, 0) is 67.8 Å². The van der Waals surface area contributed by atoms with Gasteiger partial charge in [0, 0.05) is 12.5 Å². The molecule has 1 aliphatic heterocycles. The van der Waals surface area contributed by atoms with E-state index in [1.165, 1.54) is 6.07 Å². The van der Waals surface area contributed by atoms with E-state index in [0.29, 0.717) is 29.4 Å². The van der Waals surface area contributed by atoms with Crippen LogP contribution in [0.2, 0.25) is 18.1 Å². The minimum atomic E-state index is -2.12. The van der Waals surface area contributed by atoms with E-state index in [4.69, 9.17) is 9.16 Å². The van der Waals surface area contributed by atoms with Crippen LogP contribution in [0.15, 0.2) is 30.4 Å². The molecule has 0 radical (unpaired) electrons. The minimum absolute atomic E-state index is 0.0181. The molecule has 1 aromatic rings. The number of carbonyl (C=O) groups excluding carboxylic acids is 1. The molecule has 0 amide bonds. The summed E-state index contributed by atoms with van der Waals surface area (Å²) in [7, 11) is -2.12. The van der Waals surface area contributed by atoms with Crippen molar-refractivity contribution in [1.82, 2.24) is 0 Å². The molecule has 4 atom stereocenters. The fraction of sp³-hybridized carbons (Fsp3) is 0.577. The first kappa shape index (κ1) is 24.6. The van der Waals surface area contributed by atoms with Crippen molar-refractivity contribution < 1.29 is 24.2 Å². The van der Waals surface area contributed by atoms with Crippen LogP contribution in [0.25, 0.3) is 0 Å². The topological polar surface area (TPSA) is 76.0 Å². The Bertz CT molecular complexity index is 925. The number of phenolic OH excluding ortho intramolecular Hbond substituents is 2. The number of phenols is 2. The lowest BCUT2D eigenvalue weighted by Gasteiger charge is -2.39. The Labute approximate surface area is 193 Å². The maximum atomic E-state index is 13.1. The predicted octanol–water partition coefficient (Wildman–Crippen LogP) is 6.04. The summed E-state index contributed by atoms with van der Waals surface area (Å²) in [4.78, 5) is 13.1. The van der Waals surface area contributed by atoms with E-state index < -0.39 is 14.3 Å². The number of cyclic esters (lactones) is 1. The van der Waals surface area contributed by atoms with Crippen LogP contribution in [0.4, 0.5) is 0 Å². The van der Waals surface area contributed by atoms with Gasteiger partial charge in [0.1, 0.15) is 17.1 Å². The molecule has 32 heavy (non-hydrogen) atoms. The van der Waals surface area contributed by atoms with E-state index in [9.17, 15) is 15.0 Å². The van der Waals surface area contributed by atoms with Crippen LogP contribution in [0.3, 0.4) is 0 Å². The SMILES string of the molecule is Cc1c(O)cc(O)c2c1CC(O[Si](C)(C)C(C)(C)C)/C=C/C=C\[C@H]1C[C@@H]1C[C@@H](C)OC2=O. The molecule has 1 heterocycles. The zero-order valence-corrected chi connectivity index (χ0v) is 21.4. The predicted molar refractivity (Wildman–Crippen MR) is 130 cm³/mol. The van der Waals surface area contributed by atoms with Crippen molar-refractivity contribution in [2.45, 2.75) is 84.2 Å². The number of benzene rings is 1. The van der Waals surface area contributed by atoms with Gasteiger partial charge in [-0.2, -0.15) is 0 Å². The van der Waals surface area contributed by atoms with Crippen molar-refractivity contribution in [3.8, 4) is 11.5 Å². The molecule has 1 unspecified atom stereocenters. The Morgan fingerprint density at radius 2 is 1.75 bits per heavy atom. The number of aromatic hydroxyl groups is 2. The Hall–Kier alpha value is -2.05. The van der Waals surface area contributed by atoms with Crippen molar-refractivity contribution in [1.29, 1.82) is 0 Å². The maximum Gasteiger partial charge on any atom is 0.342 e. The molecule has 176 valence electrons. The Morgan fingerprint density at radius 3 is 2.41 bits per heavy atom. The van der Waals surface area contributed by atoms with E-state index in [1.54, 1.807) is 6.92 Å². The van der Waals surface area contributed by atoms with Crippen LogP contribution in [0.5, 0.6) is 11.5 Å². The number of fused-ring (bicyclic) bond motifs is 2. The smallest absolute Gasteiger partial charge is 0.342 e. The van der Waals surface area contributed by atoms with Gasteiger partial charge in [-0.15, -0.1) is 0 Å². The van der Waals surface area contributed by atoms with Crippen molar-refractivity contribution in [2.24, 2.45) is 11.8 Å². The summed E-state index contributed by atoms with van der Waals surface area (Å²) in [6.45, 7) is 14.6. The third kappa shape index (κ3) is 5.46. The average molecular weight is 459 g/mol. The van der Waals surface area contributed by atoms with Gasteiger partial charge in [-0.25, -0.2) is 4.79 Å². The van der Waals surface area contributed by atoms with E-state index in [-0.39, 0.29) is 34.3 Å². The van der Waals surface area contributed by atoms with Crippen LogP contribution >= 0.6 is 0 Å². The summed E-state index contributed by atoms with van der Waals surface area (Å²) >= 11 is 0. The monoisotopic (exact) mass is 458 g/mol. The number of ether oxygens (including phenoxy) is 1. The first-order chi connectivity index (χ1) is 14.8. The molecule has 1 aliphatic carbocycles. The van der Waals surface area contributed by atoms with E-state index >= 15 is 0 Å². The molecule has 5 nitrogen and oxygen atoms in total. The van der Waals surface area contributed by atoms with Crippen molar-refractivity contribution in [2.75, 3.05) is 0 Å². The third-order valence-corrected chi connectivity index (χ3v) is 11.7. The maximum absolute atomic E-state index is 13.1. The molecule has 6 heteroatoms. The van der Waals surface area contributed by atoms with Crippen LogP contribution in [-0.4, -0.2) is 36.7 Å². The largest absolute Gasteiger partial charge is 0.508 e. The summed E-state index contributed by atoms with van der Waals surface area (Å²) in [5.41, 5.74) is 1.26. The first-order valence-corrected chi connectivity index (χ1v) is 14.5. The molecular formula is C26H38O5Si. The minimum Gasteiger partial charge on any atom is -0.508 e. The molecule has 1 aromatic carbocycles. The van der Waals surface area contributed by atoms with E-state index in [0.717, 1.165) is 12.8 Å². The fourth-order valence-corrected chi connectivity index (χ4v) is 5.36. The summed E-state index contributed by atoms with van der Waals surface area (Å²) in [5.74, 6) is 0.182. The molecule has 0 saturated heterocycles. The summed E-state index contributed by atoms with van der Waals surface area (Å²) in [6, 6.07) is 1.22. The molecule has 0 spiro atoms. The van der Waals surface area contributed by atoms with Gasteiger partial charge in [0.2, 0.25) is 0 Å². The molecule has 0 aromatic heterocycles. The van der Waals surface area contributed by atoms with Gasteiger partial charge in [-0.3, -0.25) is 0 Å². The number of esters is 1. The molecule has 2 aliphatic rings. The Morgan fingerprint density at radius 1 is 1.09 bits per heavy atom. The Kier molecular flexibility index (Phi) is 6.96. The van der Waals surface area contributed by atoms with Gasteiger partial charge in [0.15, 0.2) is 8.32 Å². The third-order valence-electron chi connectivity index (χ3n) is 7.25. The van der Waals surface area contributed by atoms with E-state index in [1.807, 2.05) is 19.1 Å². The number of hydrogen-bond acceptors (Lipinski definition) is 5. The second kappa shape index (κ2) is 9.06. The normalized spacial score (nSPS) is 28.7. The van der Waals surface area contributed by atoms with Crippen LogP contribution in [0, 0.1) is 18.8 Å². The van der Waals surface area contributed by atoms with E-state index in [2.05, 4.69) is 46.0 Å². The number of allylic oxidation sites excluding steroid dienone is 3. The lowest BCUT2D eigenvalue weighted by molar-refractivity contribution is 0.0306. The molecule has 0 bridgehead atoms. The molecule has 1 fully saturated rings. The lowest BCUT2D eigenvalue weighted by Crippen LogP contribution is -2.44. The van der Waals surface area contributed by atoms with Gasteiger partial charge < -0.3 is 19.4 Å². The van der Waals surface area contributed by atoms with Gasteiger partial charge in [0.05, 0.1) is 12.2 Å². The van der Waals surface area contributed by atoms with Crippen molar-refractivity contribution in [3.05, 3.63) is 47.1 Å². The summed E-state index contributed by atoms with van der Waals surface area (Å²) in [5, 5.41) is 21.0. The highest BCUT2D eigenvalue weighted by atomic mass is 28.4. The molecule has 3 rings (SSSR count). The van der Waals surface area contributed by atoms with Gasteiger partial charge >= 0.3 is 5.97 Å². The summed E-state index contributed by atoms with van der Waals surface area (Å²) < 4.78 is 12.4. The average Bonchev–Trinajstić information content (AvgIpc) is 3.38. The van der Waals surface area contributed by atoms with Crippen LogP contribution < -0.4 is 0 Å². The van der Waals surface area contributed by atoms with Gasteiger partial charge in [0.25, 0.3) is 0 Å². The zero-order chi connectivity index (χ0) is 23.8. The highest BCUT2D eigenvalue weighted by molar-refractivity contribution is 6.74. The Balaban J connectivity index is 2.06. The van der Waals surface area contributed by atoms with Crippen molar-refractivity contribution in [3.63, 3.8) is 0 Å². The molecular weight excluding hydrogens is 420 g/mol. The second-order valence-corrected chi connectivity index (χ2v) is 15.7. The van der Waals surface area contributed by atoms with Crippen molar-refractivity contribution >= 4 is 14.3 Å². The highest BCUT2D eigenvalue weighted by Gasteiger charge is 2.40. The highest BCUT2D eigenvalue weighted by Crippen LogP contribution is 2.44. The number of carbonyl (C=O) groups is 1. The quantitative estimate of drug-likeness (QED) is 0.418. The van der Waals surface area contributed by atoms with Crippen LogP contribution in [-0.2, 0) is 15.6 Å². The standard InChI is InChI=1S/C26H38O5Si/c1-16-12-19-13-18(19)10-8-9-11-20(31-32(6,7)26(3,4)5)14-21-17(2)22(27)15-23(28)24(21)25(29)30-16/h8-11,15-16,18-20,27-28H,12-14H2,1-7H3/b10-8-,11-9+/t16-,18+,19+,20?/m1/s1. The fourth-order valence-electron chi connectivity index (χ4n) is 4.08. The summed E-state index contributed by atoms with van der Waals surface area (Å²) in [6.07, 6.45) is 10.1. The first-order valence-electron chi connectivity index (χ1n) is 11.6.